The third-order valence-electron chi connectivity index (χ3n) is 0.909. The van der Waals surface area contributed by atoms with E-state index in [9.17, 15) is 4.79 Å². The molecule has 0 aromatic carbocycles. The molecule has 0 radical (unpaired) electrons. The minimum atomic E-state index is -0.536. The Labute approximate surface area is 66.0 Å². The van der Waals surface area contributed by atoms with Gasteiger partial charge in [0.1, 0.15) is 0 Å². The molecule has 0 aliphatic heterocycles. The van der Waals surface area contributed by atoms with E-state index in [4.69, 9.17) is 11.5 Å². The molecule has 0 spiro atoms. The van der Waals surface area contributed by atoms with Crippen LogP contribution in [-0.4, -0.2) is 30.3 Å². The minimum absolute atomic E-state index is 0.200. The van der Waals surface area contributed by atoms with Crippen LogP contribution in [0.25, 0.3) is 0 Å². The first-order valence-corrected chi connectivity index (χ1v) is 3.30. The summed E-state index contributed by atoms with van der Waals surface area (Å²) >= 11 is 0. The average molecular weight is 156 g/mol. The van der Waals surface area contributed by atoms with Gasteiger partial charge in [0.2, 0.25) is 0 Å². The molecule has 0 saturated heterocycles. The summed E-state index contributed by atoms with van der Waals surface area (Å²) in [6, 6.07) is -0.358. The van der Waals surface area contributed by atoms with Gasteiger partial charge in [-0.1, -0.05) is 5.92 Å². The summed E-state index contributed by atoms with van der Waals surface area (Å²) in [7, 11) is 0. The van der Waals surface area contributed by atoms with Crippen LogP contribution in [0, 0.1) is 12.3 Å². The first kappa shape index (κ1) is 9.79. The van der Waals surface area contributed by atoms with Crippen molar-refractivity contribution >= 4 is 6.03 Å². The van der Waals surface area contributed by atoms with Crippen LogP contribution >= 0.6 is 0 Å². The molecule has 0 aromatic heterocycles. The summed E-state index contributed by atoms with van der Waals surface area (Å²) in [5.41, 5.74) is 0. The van der Waals surface area contributed by atoms with Crippen LogP contribution in [0.5, 0.6) is 0 Å². The van der Waals surface area contributed by atoms with Gasteiger partial charge in [-0.15, -0.1) is 6.42 Å². The van der Waals surface area contributed by atoms with Gasteiger partial charge in [-0.2, -0.15) is 0 Å². The van der Waals surface area contributed by atoms with Gasteiger partial charge < -0.3 is 15.7 Å². The summed E-state index contributed by atoms with van der Waals surface area (Å²) in [5, 5.41) is 13.6. The lowest BCUT2D eigenvalue weighted by molar-refractivity contribution is 0.188. The second-order valence-corrected chi connectivity index (χ2v) is 2.12. The van der Waals surface area contributed by atoms with E-state index in [1.165, 1.54) is 0 Å². The molecule has 62 valence electrons. The zero-order chi connectivity index (χ0) is 8.69. The number of carbonyl (C=O) groups is 1. The highest BCUT2D eigenvalue weighted by Gasteiger charge is 1.99. The molecule has 0 fully saturated rings. The van der Waals surface area contributed by atoms with Crippen molar-refractivity contribution in [1.29, 1.82) is 0 Å². The van der Waals surface area contributed by atoms with Crippen LogP contribution in [0.4, 0.5) is 4.79 Å². The van der Waals surface area contributed by atoms with E-state index >= 15 is 0 Å². The van der Waals surface area contributed by atoms with Crippen molar-refractivity contribution in [2.75, 3.05) is 13.1 Å². The van der Waals surface area contributed by atoms with Crippen LogP contribution in [-0.2, 0) is 0 Å². The van der Waals surface area contributed by atoms with Crippen molar-refractivity contribution in [2.45, 2.75) is 13.0 Å². The van der Waals surface area contributed by atoms with Crippen molar-refractivity contribution in [3.8, 4) is 12.3 Å². The van der Waals surface area contributed by atoms with Gasteiger partial charge >= 0.3 is 6.03 Å². The molecule has 0 heterocycles. The summed E-state index contributed by atoms with van der Waals surface area (Å²) in [6.45, 7) is 2.02. The van der Waals surface area contributed by atoms with E-state index < -0.39 is 6.10 Å². The van der Waals surface area contributed by atoms with Crippen LogP contribution in [0.15, 0.2) is 0 Å². The van der Waals surface area contributed by atoms with E-state index in [0.29, 0.717) is 0 Å². The predicted molar refractivity (Wildman–Crippen MR) is 41.9 cm³/mol. The smallest absolute Gasteiger partial charge is 0.315 e. The molecule has 3 N–H and O–H groups in total. The summed E-state index contributed by atoms with van der Waals surface area (Å²) in [5.74, 6) is 2.25. The topological polar surface area (TPSA) is 61.4 Å². The monoisotopic (exact) mass is 156 g/mol. The summed E-state index contributed by atoms with van der Waals surface area (Å²) in [6.07, 6.45) is 4.36. The molecule has 1 unspecified atom stereocenters. The van der Waals surface area contributed by atoms with Gasteiger partial charge in [-0.05, 0) is 6.92 Å². The Morgan fingerprint density at radius 2 is 2.36 bits per heavy atom. The van der Waals surface area contributed by atoms with Crippen LogP contribution < -0.4 is 10.6 Å². The van der Waals surface area contributed by atoms with Crippen LogP contribution in [0.2, 0.25) is 0 Å². The van der Waals surface area contributed by atoms with Crippen molar-refractivity contribution < 1.29 is 9.90 Å². The van der Waals surface area contributed by atoms with E-state index in [1.54, 1.807) is 6.92 Å². The zero-order valence-corrected chi connectivity index (χ0v) is 6.42. The SMILES string of the molecule is C#CCNC(=O)NCC(C)O. The van der Waals surface area contributed by atoms with Crippen molar-refractivity contribution in [3.05, 3.63) is 0 Å². The summed E-state index contributed by atoms with van der Waals surface area (Å²) < 4.78 is 0. The Bertz CT molecular complexity index is 160. The number of aliphatic hydroxyl groups is 1. The first-order chi connectivity index (χ1) is 5.16. The molecule has 0 aromatic rings. The zero-order valence-electron chi connectivity index (χ0n) is 6.42. The summed E-state index contributed by atoms with van der Waals surface area (Å²) in [4.78, 5) is 10.7. The first-order valence-electron chi connectivity index (χ1n) is 3.30. The number of hydrogen-bond donors (Lipinski definition) is 3. The Morgan fingerprint density at radius 1 is 1.73 bits per heavy atom. The average Bonchev–Trinajstić information content (AvgIpc) is 1.97. The Hall–Kier alpha value is -1.21. The number of carbonyl (C=O) groups excluding carboxylic acids is 1. The van der Waals surface area contributed by atoms with Gasteiger partial charge in [0.05, 0.1) is 12.6 Å². The van der Waals surface area contributed by atoms with Crippen molar-refractivity contribution in [1.82, 2.24) is 10.6 Å². The third-order valence-corrected chi connectivity index (χ3v) is 0.909. The maximum absolute atomic E-state index is 10.7. The lowest BCUT2D eigenvalue weighted by atomic mass is 10.4. The number of hydrogen-bond acceptors (Lipinski definition) is 2. The van der Waals surface area contributed by atoms with Gasteiger partial charge in [-0.3, -0.25) is 0 Å². The second-order valence-electron chi connectivity index (χ2n) is 2.12. The van der Waals surface area contributed by atoms with Crippen LogP contribution in [0.3, 0.4) is 0 Å². The predicted octanol–water partition coefficient (Wildman–Crippen LogP) is -0.700. The van der Waals surface area contributed by atoms with E-state index in [-0.39, 0.29) is 19.1 Å². The number of nitrogens with one attached hydrogen (secondary N) is 2. The molecule has 4 nitrogen and oxygen atoms in total. The van der Waals surface area contributed by atoms with Crippen molar-refractivity contribution in [2.24, 2.45) is 0 Å². The number of aliphatic hydroxyl groups excluding tert-OH is 1. The van der Waals surface area contributed by atoms with E-state index in [0.717, 1.165) is 0 Å². The maximum Gasteiger partial charge on any atom is 0.315 e. The quantitative estimate of drug-likeness (QED) is 0.473. The molecule has 0 rings (SSSR count). The molecule has 0 bridgehead atoms. The van der Waals surface area contributed by atoms with Gasteiger partial charge in [-0.25, -0.2) is 4.79 Å². The molecule has 11 heavy (non-hydrogen) atoms. The molecule has 4 heteroatoms. The minimum Gasteiger partial charge on any atom is -0.392 e. The molecule has 0 saturated carbocycles. The lowest BCUT2D eigenvalue weighted by Crippen LogP contribution is -2.39. The number of terminal acetylenes is 1. The normalized spacial score (nSPS) is 11.4. The number of amides is 2. The molecule has 0 aliphatic carbocycles. The number of rotatable bonds is 3. The highest BCUT2D eigenvalue weighted by Crippen LogP contribution is 1.73. The number of urea groups is 1. The van der Waals surface area contributed by atoms with Gasteiger partial charge in [0.15, 0.2) is 0 Å². The third kappa shape index (κ3) is 6.68. The fourth-order valence-electron chi connectivity index (χ4n) is 0.434. The molecule has 1 atom stereocenters. The highest BCUT2D eigenvalue weighted by molar-refractivity contribution is 5.74. The Morgan fingerprint density at radius 3 is 2.82 bits per heavy atom. The van der Waals surface area contributed by atoms with Gasteiger partial charge in [0.25, 0.3) is 0 Å². The van der Waals surface area contributed by atoms with Crippen LogP contribution in [0.1, 0.15) is 6.92 Å². The van der Waals surface area contributed by atoms with E-state index in [1.807, 2.05) is 0 Å². The standard InChI is InChI=1S/C7H12N2O2/c1-3-4-8-7(11)9-5-6(2)10/h1,6,10H,4-5H2,2H3,(H2,8,9,11). The second kappa shape index (κ2) is 5.57. The van der Waals surface area contributed by atoms with E-state index in [2.05, 4.69) is 16.6 Å². The highest BCUT2D eigenvalue weighted by atomic mass is 16.3. The largest absolute Gasteiger partial charge is 0.392 e. The lowest BCUT2D eigenvalue weighted by Gasteiger charge is -2.06. The fourth-order valence-corrected chi connectivity index (χ4v) is 0.434. The molecule has 2 amide bonds. The Balaban J connectivity index is 3.32. The Kier molecular flexibility index (Phi) is 4.95. The molecule has 0 aliphatic rings. The fraction of sp³-hybridized carbons (Fsp3) is 0.571. The van der Waals surface area contributed by atoms with Gasteiger partial charge in [0, 0.05) is 6.54 Å². The molecular formula is C7H12N2O2. The maximum atomic E-state index is 10.7. The molecular weight excluding hydrogens is 144 g/mol. The van der Waals surface area contributed by atoms with Crippen molar-refractivity contribution in [3.63, 3.8) is 0 Å².